The van der Waals surface area contributed by atoms with Crippen LogP contribution in [-0.2, 0) is 26.5 Å². The second-order valence-electron chi connectivity index (χ2n) is 2.05. The van der Waals surface area contributed by atoms with Crippen molar-refractivity contribution in [1.82, 2.24) is 0 Å². The summed E-state index contributed by atoms with van der Waals surface area (Å²) in [6.07, 6.45) is 9.44. The van der Waals surface area contributed by atoms with E-state index in [1.807, 2.05) is 0 Å². The standard InChI is InChI=1S/C8H11O.3BrH.Ti/c1-9-7-6-8-4-2-3-5-8;;;;/h2,4H,3,6-7H2,1H3;3*1H;/q-1;;;;. The molecule has 0 aromatic carbocycles. The number of halogens is 3. The predicted octanol–water partition coefficient (Wildman–Crippen LogP) is 3.44. The Bertz CT molecular complexity index is 148. The Balaban J connectivity index is -0.000000101. The molecule has 1 aliphatic rings. The quantitative estimate of drug-likeness (QED) is 0.509. The zero-order valence-corrected chi connectivity index (χ0v) is 14.1. The molecule has 0 bridgehead atoms. The molecule has 0 heterocycles. The second kappa shape index (κ2) is 16.0. The van der Waals surface area contributed by atoms with E-state index in [9.17, 15) is 0 Å². The summed E-state index contributed by atoms with van der Waals surface area (Å²) in [5.41, 5.74) is 1.29. The molecule has 13 heavy (non-hydrogen) atoms. The zero-order valence-electron chi connectivity index (χ0n) is 7.41. The van der Waals surface area contributed by atoms with E-state index >= 15 is 0 Å². The predicted molar refractivity (Wildman–Crippen MR) is 68.0 cm³/mol. The Morgan fingerprint density at radius 1 is 1.38 bits per heavy atom. The monoisotopic (exact) mass is 411 g/mol. The van der Waals surface area contributed by atoms with Crippen molar-refractivity contribution in [1.29, 1.82) is 0 Å². The van der Waals surface area contributed by atoms with Gasteiger partial charge in [-0.25, -0.2) is 11.6 Å². The minimum atomic E-state index is 0. The molecule has 0 aliphatic heterocycles. The minimum Gasteiger partial charge on any atom is -0.384 e. The van der Waals surface area contributed by atoms with Gasteiger partial charge in [0.25, 0.3) is 0 Å². The summed E-state index contributed by atoms with van der Waals surface area (Å²) in [4.78, 5) is 0. The second-order valence-corrected chi connectivity index (χ2v) is 2.05. The van der Waals surface area contributed by atoms with Crippen molar-refractivity contribution in [2.45, 2.75) is 12.8 Å². The summed E-state index contributed by atoms with van der Waals surface area (Å²) in [5, 5.41) is 0. The summed E-state index contributed by atoms with van der Waals surface area (Å²) in [5.74, 6) is 0. The van der Waals surface area contributed by atoms with Crippen molar-refractivity contribution in [2.75, 3.05) is 13.7 Å². The summed E-state index contributed by atoms with van der Waals surface area (Å²) >= 11 is 0. The van der Waals surface area contributed by atoms with E-state index in [1.54, 1.807) is 7.11 Å². The molecule has 78 valence electrons. The molecular weight excluding hydrogens is 400 g/mol. The van der Waals surface area contributed by atoms with Gasteiger partial charge in [0.15, 0.2) is 0 Å². The number of hydrogen-bond donors (Lipinski definition) is 0. The average molecular weight is 414 g/mol. The van der Waals surface area contributed by atoms with Crippen molar-refractivity contribution in [3.05, 3.63) is 23.8 Å². The molecule has 0 N–H and O–H groups in total. The maximum atomic E-state index is 4.91. The van der Waals surface area contributed by atoms with E-state index in [1.165, 1.54) is 5.57 Å². The fraction of sp³-hybridized carbons (Fsp3) is 0.500. The molecule has 1 rings (SSSR count). The number of ether oxygens (including phenoxy) is 1. The van der Waals surface area contributed by atoms with Gasteiger partial charge in [0.05, 0.1) is 0 Å². The molecule has 0 saturated carbocycles. The molecule has 0 aromatic heterocycles. The summed E-state index contributed by atoms with van der Waals surface area (Å²) in [6, 6.07) is 0. The van der Waals surface area contributed by atoms with Crippen LogP contribution in [0, 0.1) is 6.08 Å². The van der Waals surface area contributed by atoms with Crippen molar-refractivity contribution in [3.63, 3.8) is 0 Å². The largest absolute Gasteiger partial charge is 0.384 e. The molecular formula is C8H14Br3OTi-. The van der Waals surface area contributed by atoms with E-state index in [-0.39, 0.29) is 72.7 Å². The first-order chi connectivity index (χ1) is 4.43. The van der Waals surface area contributed by atoms with Crippen LogP contribution in [0.25, 0.3) is 0 Å². The van der Waals surface area contributed by atoms with Gasteiger partial charge >= 0.3 is 0 Å². The molecule has 0 spiro atoms. The molecule has 0 fully saturated rings. The van der Waals surface area contributed by atoms with E-state index in [4.69, 9.17) is 4.74 Å². The Hall–Kier alpha value is 1.59. The van der Waals surface area contributed by atoms with E-state index in [2.05, 4.69) is 18.2 Å². The normalized spacial score (nSPS) is 11.3. The third kappa shape index (κ3) is 11.5. The molecule has 5 heteroatoms. The first-order valence-electron chi connectivity index (χ1n) is 3.18. The zero-order chi connectivity index (χ0) is 6.53. The number of methoxy groups -OCH3 is 1. The van der Waals surface area contributed by atoms with E-state index < -0.39 is 0 Å². The van der Waals surface area contributed by atoms with Gasteiger partial charge in [0.2, 0.25) is 0 Å². The first-order valence-corrected chi connectivity index (χ1v) is 3.18. The fourth-order valence-electron chi connectivity index (χ4n) is 0.834. The first kappa shape index (κ1) is 24.0. The minimum absolute atomic E-state index is 0. The fourth-order valence-corrected chi connectivity index (χ4v) is 0.834. The summed E-state index contributed by atoms with van der Waals surface area (Å²) in [6.45, 7) is 0.812. The Labute approximate surface area is 127 Å². The molecule has 0 atom stereocenters. The van der Waals surface area contributed by atoms with Crippen LogP contribution in [0.2, 0.25) is 0 Å². The Morgan fingerprint density at radius 3 is 2.38 bits per heavy atom. The molecule has 0 aromatic rings. The van der Waals surface area contributed by atoms with Crippen LogP contribution in [0.1, 0.15) is 12.8 Å². The van der Waals surface area contributed by atoms with Gasteiger partial charge in [-0.2, -0.15) is 6.08 Å². The SMILES string of the molecule is Br.Br.Br.COCCC1=[C-]CC=C1.[Ti]. The van der Waals surface area contributed by atoms with E-state index in [0.717, 1.165) is 19.4 Å². The van der Waals surface area contributed by atoms with Gasteiger partial charge < -0.3 is 4.74 Å². The Morgan fingerprint density at radius 2 is 2.00 bits per heavy atom. The molecule has 1 nitrogen and oxygen atoms in total. The van der Waals surface area contributed by atoms with Gasteiger partial charge in [0.1, 0.15) is 0 Å². The van der Waals surface area contributed by atoms with Gasteiger partial charge in [0, 0.05) is 35.4 Å². The Kier molecular flexibility index (Phi) is 29.6. The van der Waals surface area contributed by atoms with Crippen molar-refractivity contribution >= 4 is 50.9 Å². The topological polar surface area (TPSA) is 9.23 Å². The molecule has 0 amide bonds. The van der Waals surface area contributed by atoms with Crippen molar-refractivity contribution in [3.8, 4) is 0 Å². The number of hydrogen-bond acceptors (Lipinski definition) is 1. The number of rotatable bonds is 3. The van der Waals surface area contributed by atoms with Crippen molar-refractivity contribution in [2.24, 2.45) is 0 Å². The van der Waals surface area contributed by atoms with Gasteiger partial charge in [-0.3, -0.25) is 6.08 Å². The smallest absolute Gasteiger partial charge is 0.0473 e. The van der Waals surface area contributed by atoms with Gasteiger partial charge in [-0.1, -0.05) is 0 Å². The third-order valence-electron chi connectivity index (χ3n) is 1.34. The van der Waals surface area contributed by atoms with Crippen LogP contribution in [0.4, 0.5) is 0 Å². The van der Waals surface area contributed by atoms with Crippen LogP contribution < -0.4 is 0 Å². The van der Waals surface area contributed by atoms with Crippen LogP contribution >= 0.6 is 50.9 Å². The van der Waals surface area contributed by atoms with Crippen LogP contribution in [-0.4, -0.2) is 13.7 Å². The molecule has 0 unspecified atom stereocenters. The van der Waals surface area contributed by atoms with E-state index in [0.29, 0.717) is 0 Å². The molecule has 0 radical (unpaired) electrons. The summed E-state index contributed by atoms with van der Waals surface area (Å²) in [7, 11) is 1.72. The van der Waals surface area contributed by atoms with Crippen LogP contribution in [0.15, 0.2) is 17.7 Å². The third-order valence-corrected chi connectivity index (χ3v) is 1.34. The average Bonchev–Trinajstić information content (AvgIpc) is 2.34. The summed E-state index contributed by atoms with van der Waals surface area (Å²) < 4.78 is 4.91. The van der Waals surface area contributed by atoms with Crippen molar-refractivity contribution < 1.29 is 26.5 Å². The maximum Gasteiger partial charge on any atom is 0.0473 e. The van der Waals surface area contributed by atoms with Gasteiger partial charge in [-0.15, -0.1) is 57.4 Å². The van der Waals surface area contributed by atoms with Crippen LogP contribution in [0.3, 0.4) is 0 Å². The number of allylic oxidation sites excluding steroid dienone is 3. The van der Waals surface area contributed by atoms with Gasteiger partial charge in [-0.05, 0) is 6.42 Å². The molecule has 0 saturated heterocycles. The van der Waals surface area contributed by atoms with Crippen LogP contribution in [0.5, 0.6) is 0 Å². The molecule has 1 aliphatic carbocycles. The maximum absolute atomic E-state index is 4.91.